The molecule has 2 rings (SSSR count). The van der Waals surface area contributed by atoms with Gasteiger partial charge in [-0.1, -0.05) is 37.5 Å². The smallest absolute Gasteiger partial charge is 0.242 e. The Balaban J connectivity index is 1.91. The second kappa shape index (κ2) is 8.87. The molecule has 1 amide bonds. The van der Waals surface area contributed by atoms with Gasteiger partial charge >= 0.3 is 0 Å². The predicted octanol–water partition coefficient (Wildman–Crippen LogP) is 2.62. The quantitative estimate of drug-likeness (QED) is 0.801. The van der Waals surface area contributed by atoms with Crippen molar-refractivity contribution in [1.82, 2.24) is 9.62 Å². The molecular formula is C17H26N2O3S2. The van der Waals surface area contributed by atoms with E-state index in [0.29, 0.717) is 16.6 Å². The molecule has 0 saturated heterocycles. The van der Waals surface area contributed by atoms with Gasteiger partial charge in [0.15, 0.2) is 0 Å². The highest BCUT2D eigenvalue weighted by molar-refractivity contribution is 8.00. The number of sulfonamides is 1. The maximum Gasteiger partial charge on any atom is 0.242 e. The van der Waals surface area contributed by atoms with E-state index in [1.807, 2.05) is 0 Å². The van der Waals surface area contributed by atoms with Gasteiger partial charge in [-0.3, -0.25) is 4.79 Å². The van der Waals surface area contributed by atoms with Gasteiger partial charge in [-0.2, -0.15) is 0 Å². The molecule has 0 radical (unpaired) electrons. The van der Waals surface area contributed by atoms with E-state index in [9.17, 15) is 13.2 Å². The topological polar surface area (TPSA) is 66.5 Å². The summed E-state index contributed by atoms with van der Waals surface area (Å²) in [4.78, 5) is 12.3. The highest BCUT2D eigenvalue weighted by Gasteiger charge is 2.21. The van der Waals surface area contributed by atoms with Gasteiger partial charge in [-0.05, 0) is 24.5 Å². The van der Waals surface area contributed by atoms with E-state index in [-0.39, 0.29) is 17.3 Å². The number of carbonyl (C=O) groups excluding carboxylic acids is 1. The van der Waals surface area contributed by atoms with Crippen molar-refractivity contribution in [3.63, 3.8) is 0 Å². The van der Waals surface area contributed by atoms with Crippen molar-refractivity contribution in [2.75, 3.05) is 19.8 Å². The molecule has 0 atom stereocenters. The van der Waals surface area contributed by atoms with Crippen LogP contribution in [-0.4, -0.2) is 43.7 Å². The molecule has 1 aromatic carbocycles. The van der Waals surface area contributed by atoms with Gasteiger partial charge in [0.05, 0.1) is 10.6 Å². The molecule has 0 spiro atoms. The number of carbonyl (C=O) groups is 1. The molecule has 7 heteroatoms. The molecule has 1 fully saturated rings. The van der Waals surface area contributed by atoms with E-state index in [1.54, 1.807) is 36.0 Å². The minimum atomic E-state index is -3.51. The zero-order chi connectivity index (χ0) is 17.6. The molecule has 24 heavy (non-hydrogen) atoms. The standard InChI is InChI=1S/C17H26N2O3S2/c1-19(2)24(21,22)16-11-7-6-8-14(16)12-18-17(20)13-23-15-9-4-3-5-10-15/h6-8,11,15H,3-5,9-10,12-13H2,1-2H3,(H,18,20). The Bertz CT molecular complexity index is 654. The Labute approximate surface area is 149 Å². The Kier molecular flexibility index (Phi) is 7.13. The number of nitrogens with one attached hydrogen (secondary N) is 1. The van der Waals surface area contributed by atoms with Crippen LogP contribution < -0.4 is 5.32 Å². The molecular weight excluding hydrogens is 344 g/mol. The first kappa shape index (κ1) is 19.3. The van der Waals surface area contributed by atoms with Crippen LogP contribution in [0.1, 0.15) is 37.7 Å². The lowest BCUT2D eigenvalue weighted by Gasteiger charge is -2.20. The lowest BCUT2D eigenvalue weighted by Crippen LogP contribution is -2.28. The Morgan fingerprint density at radius 2 is 1.88 bits per heavy atom. The molecule has 0 bridgehead atoms. The molecule has 1 aromatic rings. The largest absolute Gasteiger partial charge is 0.351 e. The Morgan fingerprint density at radius 3 is 2.54 bits per heavy atom. The van der Waals surface area contributed by atoms with E-state index < -0.39 is 10.0 Å². The van der Waals surface area contributed by atoms with E-state index in [2.05, 4.69) is 5.32 Å². The Hall–Kier alpha value is -1.05. The molecule has 134 valence electrons. The minimum absolute atomic E-state index is 0.0392. The van der Waals surface area contributed by atoms with Crippen LogP contribution in [0.4, 0.5) is 0 Å². The molecule has 1 aliphatic rings. The van der Waals surface area contributed by atoms with Crippen molar-refractivity contribution < 1.29 is 13.2 Å². The first-order chi connectivity index (χ1) is 11.4. The van der Waals surface area contributed by atoms with Crippen LogP contribution in [0.5, 0.6) is 0 Å². The predicted molar refractivity (Wildman–Crippen MR) is 98.5 cm³/mol. The fourth-order valence-electron chi connectivity index (χ4n) is 2.77. The van der Waals surface area contributed by atoms with Gasteiger partial charge < -0.3 is 5.32 Å². The summed E-state index contributed by atoms with van der Waals surface area (Å²) in [5, 5.41) is 3.44. The highest BCUT2D eigenvalue weighted by Crippen LogP contribution is 2.28. The highest BCUT2D eigenvalue weighted by atomic mass is 32.2. The average Bonchev–Trinajstić information content (AvgIpc) is 2.59. The van der Waals surface area contributed by atoms with Crippen molar-refractivity contribution in [3.05, 3.63) is 29.8 Å². The second-order valence-corrected chi connectivity index (χ2v) is 9.65. The monoisotopic (exact) mass is 370 g/mol. The lowest BCUT2D eigenvalue weighted by atomic mass is 10.0. The molecule has 0 unspecified atom stereocenters. The van der Waals surface area contributed by atoms with Gasteiger partial charge in [0.2, 0.25) is 15.9 Å². The fraction of sp³-hybridized carbons (Fsp3) is 0.588. The normalized spacial score (nSPS) is 16.3. The van der Waals surface area contributed by atoms with E-state index in [0.717, 1.165) is 0 Å². The van der Waals surface area contributed by atoms with Gasteiger partial charge in [0.1, 0.15) is 0 Å². The van der Waals surface area contributed by atoms with Crippen molar-refractivity contribution in [1.29, 1.82) is 0 Å². The summed E-state index contributed by atoms with van der Waals surface area (Å²) >= 11 is 1.72. The number of nitrogens with zero attached hydrogens (tertiary/aromatic N) is 1. The summed E-state index contributed by atoms with van der Waals surface area (Å²) in [5.41, 5.74) is 0.613. The number of benzene rings is 1. The maximum absolute atomic E-state index is 12.3. The fourth-order valence-corrected chi connectivity index (χ4v) is 5.04. The van der Waals surface area contributed by atoms with Crippen molar-refractivity contribution >= 4 is 27.7 Å². The molecule has 0 aliphatic heterocycles. The summed E-state index contributed by atoms with van der Waals surface area (Å²) in [6.45, 7) is 0.229. The van der Waals surface area contributed by atoms with Crippen molar-refractivity contribution in [3.8, 4) is 0 Å². The third-order valence-corrected chi connectivity index (χ3v) is 7.50. The van der Waals surface area contributed by atoms with Gasteiger partial charge in [-0.25, -0.2) is 12.7 Å². The Morgan fingerprint density at radius 1 is 1.21 bits per heavy atom. The zero-order valence-corrected chi connectivity index (χ0v) is 16.0. The number of hydrogen-bond acceptors (Lipinski definition) is 4. The number of amides is 1. The van der Waals surface area contributed by atoms with Gasteiger partial charge in [0, 0.05) is 25.9 Å². The van der Waals surface area contributed by atoms with E-state index in [4.69, 9.17) is 0 Å². The molecule has 0 aromatic heterocycles. The second-order valence-electron chi connectivity index (χ2n) is 6.24. The van der Waals surface area contributed by atoms with Gasteiger partial charge in [0.25, 0.3) is 0 Å². The van der Waals surface area contributed by atoms with Crippen LogP contribution >= 0.6 is 11.8 Å². The average molecular weight is 371 g/mol. The number of thioether (sulfide) groups is 1. The van der Waals surface area contributed by atoms with E-state index >= 15 is 0 Å². The van der Waals surface area contributed by atoms with Crippen LogP contribution in [0.15, 0.2) is 29.2 Å². The number of hydrogen-bond donors (Lipinski definition) is 1. The van der Waals surface area contributed by atoms with Crippen LogP contribution in [-0.2, 0) is 21.4 Å². The summed E-state index contributed by atoms with van der Waals surface area (Å²) < 4.78 is 25.9. The summed E-state index contributed by atoms with van der Waals surface area (Å²) in [6.07, 6.45) is 6.22. The minimum Gasteiger partial charge on any atom is -0.351 e. The molecule has 1 N–H and O–H groups in total. The van der Waals surface area contributed by atoms with Gasteiger partial charge in [-0.15, -0.1) is 11.8 Å². The molecule has 5 nitrogen and oxygen atoms in total. The lowest BCUT2D eigenvalue weighted by molar-refractivity contribution is -0.118. The van der Waals surface area contributed by atoms with Crippen molar-refractivity contribution in [2.24, 2.45) is 0 Å². The number of rotatable bonds is 7. The van der Waals surface area contributed by atoms with Crippen LogP contribution in [0, 0.1) is 0 Å². The zero-order valence-electron chi connectivity index (χ0n) is 14.3. The van der Waals surface area contributed by atoms with E-state index in [1.165, 1.54) is 50.5 Å². The molecule has 1 aliphatic carbocycles. The van der Waals surface area contributed by atoms with Crippen molar-refractivity contribution in [2.45, 2.75) is 48.8 Å². The van der Waals surface area contributed by atoms with Crippen LogP contribution in [0.3, 0.4) is 0 Å². The maximum atomic E-state index is 12.3. The third kappa shape index (κ3) is 5.22. The summed E-state index contributed by atoms with van der Waals surface area (Å²) in [6, 6.07) is 6.80. The third-order valence-electron chi connectivity index (χ3n) is 4.21. The summed E-state index contributed by atoms with van der Waals surface area (Å²) in [5.74, 6) is 0.399. The van der Waals surface area contributed by atoms with Crippen LogP contribution in [0.2, 0.25) is 0 Å². The molecule has 1 saturated carbocycles. The SMILES string of the molecule is CN(C)S(=O)(=O)c1ccccc1CNC(=O)CSC1CCCCC1. The van der Waals surface area contributed by atoms with Crippen LogP contribution in [0.25, 0.3) is 0 Å². The summed E-state index contributed by atoms with van der Waals surface area (Å²) in [7, 11) is -0.497. The molecule has 0 heterocycles. The first-order valence-electron chi connectivity index (χ1n) is 8.30. The first-order valence-corrected chi connectivity index (χ1v) is 10.8.